The first kappa shape index (κ1) is 19.9. The van der Waals surface area contributed by atoms with Gasteiger partial charge in [0, 0.05) is 25.3 Å². The Bertz CT molecular complexity index is 670. The van der Waals surface area contributed by atoms with E-state index in [1.165, 1.54) is 38.5 Å². The number of nitrogens with zero attached hydrogens (tertiary/aromatic N) is 1. The van der Waals surface area contributed by atoms with Crippen LogP contribution in [-0.2, 0) is 14.2 Å². The lowest BCUT2D eigenvalue weighted by molar-refractivity contribution is -0.154. The first-order valence-electron chi connectivity index (χ1n) is 10.9. The van der Waals surface area contributed by atoms with Gasteiger partial charge in [0.25, 0.3) is 0 Å². The van der Waals surface area contributed by atoms with Crippen LogP contribution in [0.4, 0.5) is 0 Å². The average Bonchev–Trinajstić information content (AvgIpc) is 3.04. The van der Waals surface area contributed by atoms with Gasteiger partial charge in [-0.2, -0.15) is 0 Å². The highest BCUT2D eigenvalue weighted by Crippen LogP contribution is 2.35. The average molecular weight is 388 g/mol. The molecule has 0 aromatic heterocycles. The van der Waals surface area contributed by atoms with Crippen molar-refractivity contribution in [2.75, 3.05) is 20.2 Å². The minimum Gasteiger partial charge on any atom is -0.428 e. The Balaban J connectivity index is 1.37. The zero-order valence-electron chi connectivity index (χ0n) is 17.1. The van der Waals surface area contributed by atoms with Crippen molar-refractivity contribution in [1.29, 1.82) is 0 Å². The molecule has 0 spiro atoms. The van der Waals surface area contributed by atoms with E-state index in [9.17, 15) is 4.79 Å². The molecule has 0 N–H and O–H groups in total. The number of esters is 1. The molecule has 0 bridgehead atoms. The highest BCUT2D eigenvalue weighted by atomic mass is 16.7. The molecule has 28 heavy (non-hydrogen) atoms. The van der Waals surface area contributed by atoms with Gasteiger partial charge in [0.05, 0.1) is 17.8 Å². The second kappa shape index (κ2) is 8.93. The van der Waals surface area contributed by atoms with Gasteiger partial charge >= 0.3 is 5.97 Å². The number of fused-ring (bicyclic) bond motifs is 1. The number of likely N-dealkylation sites (tertiary alicyclic amines) is 1. The van der Waals surface area contributed by atoms with Crippen molar-refractivity contribution in [3.05, 3.63) is 35.4 Å². The Hall–Kier alpha value is -1.43. The molecule has 2 fully saturated rings. The largest absolute Gasteiger partial charge is 0.428 e. The zero-order valence-corrected chi connectivity index (χ0v) is 17.1. The van der Waals surface area contributed by atoms with E-state index in [0.29, 0.717) is 17.7 Å². The maximum atomic E-state index is 12.1. The Morgan fingerprint density at radius 3 is 2.71 bits per heavy atom. The highest BCUT2D eigenvalue weighted by molar-refractivity contribution is 5.93. The number of carbonyl (C=O) groups excluding carboxylic acids is 1. The maximum absolute atomic E-state index is 12.1. The molecule has 2 aliphatic heterocycles. The van der Waals surface area contributed by atoms with Crippen molar-refractivity contribution >= 4 is 5.97 Å². The van der Waals surface area contributed by atoms with Gasteiger partial charge in [0.15, 0.2) is 0 Å². The van der Waals surface area contributed by atoms with Crippen LogP contribution in [-0.4, -0.2) is 49.3 Å². The number of benzene rings is 1. The summed E-state index contributed by atoms with van der Waals surface area (Å²) in [6, 6.07) is 7.94. The second-order valence-corrected chi connectivity index (χ2v) is 8.60. The third kappa shape index (κ3) is 4.27. The fourth-order valence-corrected chi connectivity index (χ4v) is 5.16. The van der Waals surface area contributed by atoms with Crippen molar-refractivity contribution in [2.45, 2.75) is 76.4 Å². The van der Waals surface area contributed by atoms with Gasteiger partial charge < -0.3 is 14.2 Å². The summed E-state index contributed by atoms with van der Waals surface area (Å²) in [4.78, 5) is 14.7. The van der Waals surface area contributed by atoms with Gasteiger partial charge in [-0.05, 0) is 64.0 Å². The predicted octanol–water partition coefficient (Wildman–Crippen LogP) is 4.32. The Labute approximate surface area is 168 Å². The third-order valence-corrected chi connectivity index (χ3v) is 6.81. The van der Waals surface area contributed by atoms with Crippen LogP contribution in [0.5, 0.6) is 0 Å². The second-order valence-electron chi connectivity index (χ2n) is 8.60. The quantitative estimate of drug-likeness (QED) is 0.681. The number of piperidine rings is 1. The number of rotatable bonds is 6. The van der Waals surface area contributed by atoms with Crippen molar-refractivity contribution in [1.82, 2.24) is 4.90 Å². The fraction of sp³-hybridized carbons (Fsp3) is 0.696. The Morgan fingerprint density at radius 2 is 1.93 bits per heavy atom. The molecule has 3 atom stereocenters. The van der Waals surface area contributed by atoms with Gasteiger partial charge in [-0.1, -0.05) is 24.6 Å². The minimum atomic E-state index is -0.570. The summed E-state index contributed by atoms with van der Waals surface area (Å²) < 4.78 is 17.3. The van der Waals surface area contributed by atoms with Crippen LogP contribution in [0.25, 0.3) is 0 Å². The van der Waals surface area contributed by atoms with Crippen LogP contribution >= 0.6 is 0 Å². The van der Waals surface area contributed by atoms with Crippen LogP contribution in [0.3, 0.4) is 0 Å². The standard InChI is InChI=1S/C23H33NO4/c1-16(27-23-20-8-4-3-7-19(20)22(25)28-23)21-9-5-6-14-24(21)15-17-10-12-18(26-2)13-11-17/h3-4,7-8,16-18,21,23H,5-6,9-15H2,1-2H3. The summed E-state index contributed by atoms with van der Waals surface area (Å²) in [5, 5.41) is 0. The zero-order chi connectivity index (χ0) is 19.5. The number of hydrogen-bond acceptors (Lipinski definition) is 5. The van der Waals surface area contributed by atoms with Gasteiger partial charge in [-0.3, -0.25) is 4.90 Å². The lowest BCUT2D eigenvalue weighted by atomic mass is 9.85. The molecule has 5 nitrogen and oxygen atoms in total. The topological polar surface area (TPSA) is 48.0 Å². The third-order valence-electron chi connectivity index (χ3n) is 6.81. The van der Waals surface area contributed by atoms with Crippen LogP contribution in [0.1, 0.15) is 74.1 Å². The van der Waals surface area contributed by atoms with Gasteiger partial charge in [0.1, 0.15) is 0 Å². The molecular weight excluding hydrogens is 354 g/mol. The number of methoxy groups -OCH3 is 1. The summed E-state index contributed by atoms with van der Waals surface area (Å²) in [5.74, 6) is 0.479. The van der Waals surface area contributed by atoms with Crippen molar-refractivity contribution in [2.24, 2.45) is 5.92 Å². The summed E-state index contributed by atoms with van der Waals surface area (Å²) in [5.41, 5.74) is 1.50. The molecule has 4 rings (SSSR count). The van der Waals surface area contributed by atoms with Crippen molar-refractivity contribution < 1.29 is 19.0 Å². The molecule has 3 aliphatic rings. The number of ether oxygens (including phenoxy) is 3. The number of carbonyl (C=O) groups is 1. The summed E-state index contributed by atoms with van der Waals surface area (Å²) >= 11 is 0. The molecule has 1 aromatic rings. The lowest BCUT2D eigenvalue weighted by Gasteiger charge is -2.42. The molecule has 1 saturated carbocycles. The number of hydrogen-bond donors (Lipinski definition) is 0. The van der Waals surface area contributed by atoms with Crippen LogP contribution in [0.15, 0.2) is 24.3 Å². The van der Waals surface area contributed by atoms with Crippen molar-refractivity contribution in [3.63, 3.8) is 0 Å². The van der Waals surface area contributed by atoms with E-state index in [-0.39, 0.29) is 12.1 Å². The molecule has 1 saturated heterocycles. The van der Waals surface area contributed by atoms with E-state index >= 15 is 0 Å². The normalized spacial score (nSPS) is 32.0. The summed E-state index contributed by atoms with van der Waals surface area (Å²) in [6.45, 7) is 4.43. The first-order valence-corrected chi connectivity index (χ1v) is 10.9. The Kier molecular flexibility index (Phi) is 6.34. The fourth-order valence-electron chi connectivity index (χ4n) is 5.16. The van der Waals surface area contributed by atoms with E-state index in [2.05, 4.69) is 11.8 Å². The van der Waals surface area contributed by atoms with Crippen LogP contribution in [0.2, 0.25) is 0 Å². The van der Waals surface area contributed by atoms with Gasteiger partial charge in [0.2, 0.25) is 6.29 Å². The molecule has 2 heterocycles. The molecule has 0 amide bonds. The molecule has 1 aliphatic carbocycles. The highest BCUT2D eigenvalue weighted by Gasteiger charge is 2.36. The maximum Gasteiger partial charge on any atom is 0.341 e. The Morgan fingerprint density at radius 1 is 1.14 bits per heavy atom. The summed E-state index contributed by atoms with van der Waals surface area (Å²) in [6.07, 6.45) is 8.43. The van der Waals surface area contributed by atoms with Gasteiger partial charge in [-0.25, -0.2) is 4.79 Å². The minimum absolute atomic E-state index is 0.0274. The van der Waals surface area contributed by atoms with Gasteiger partial charge in [-0.15, -0.1) is 0 Å². The molecule has 5 heteroatoms. The molecule has 154 valence electrons. The van der Waals surface area contributed by atoms with Crippen LogP contribution in [0, 0.1) is 5.92 Å². The molecular formula is C23H33NO4. The monoisotopic (exact) mass is 387 g/mol. The van der Waals surface area contributed by atoms with E-state index in [4.69, 9.17) is 14.2 Å². The SMILES string of the molecule is COC1CCC(CN2CCCCC2C(C)OC2OC(=O)c3ccccc32)CC1. The number of cyclic esters (lactones) is 1. The van der Waals surface area contributed by atoms with E-state index < -0.39 is 6.29 Å². The first-order chi connectivity index (χ1) is 13.7. The van der Waals surface area contributed by atoms with E-state index in [1.54, 1.807) is 0 Å². The van der Waals surface area contributed by atoms with E-state index in [0.717, 1.165) is 31.0 Å². The molecule has 3 unspecified atom stereocenters. The van der Waals surface area contributed by atoms with Crippen LogP contribution < -0.4 is 0 Å². The lowest BCUT2D eigenvalue weighted by Crippen LogP contribution is -2.49. The smallest absolute Gasteiger partial charge is 0.341 e. The van der Waals surface area contributed by atoms with Crippen molar-refractivity contribution in [3.8, 4) is 0 Å². The summed E-state index contributed by atoms with van der Waals surface area (Å²) in [7, 11) is 1.83. The molecule has 0 radical (unpaired) electrons. The molecule has 1 aromatic carbocycles. The predicted molar refractivity (Wildman–Crippen MR) is 107 cm³/mol. The van der Waals surface area contributed by atoms with E-state index in [1.807, 2.05) is 31.4 Å².